The summed E-state index contributed by atoms with van der Waals surface area (Å²) in [6, 6.07) is 5.91. The Bertz CT molecular complexity index is 950. The monoisotopic (exact) mass is 319 g/mol. The van der Waals surface area contributed by atoms with Gasteiger partial charge in [-0.1, -0.05) is 17.7 Å². The van der Waals surface area contributed by atoms with Crippen LogP contribution in [0.4, 0.5) is 0 Å². The summed E-state index contributed by atoms with van der Waals surface area (Å²) in [6.45, 7) is 2.08. The Morgan fingerprint density at radius 1 is 1.43 bits per heavy atom. The second kappa shape index (κ2) is 4.15. The molecule has 0 bridgehead atoms. The third-order valence-electron chi connectivity index (χ3n) is 4.42. The minimum Gasteiger partial charge on any atom is -0.493 e. The lowest BCUT2D eigenvalue weighted by molar-refractivity contribution is 0.423. The molecule has 6 heteroatoms. The molecule has 0 spiro atoms. The van der Waals surface area contributed by atoms with Crippen molar-refractivity contribution < 1.29 is 5.11 Å². The van der Waals surface area contributed by atoms with Crippen LogP contribution in [0.3, 0.4) is 0 Å². The molecule has 3 aromatic rings. The van der Waals surface area contributed by atoms with E-state index in [1.165, 1.54) is 0 Å². The number of fused-ring (bicyclic) bond motifs is 4. The molecule has 2 N–H and O–H groups in total. The van der Waals surface area contributed by atoms with E-state index in [0.29, 0.717) is 11.2 Å². The molecular weight excluding hydrogens is 306 g/mol. The maximum atomic E-state index is 10.3. The number of aromatic nitrogens is 3. The summed E-state index contributed by atoms with van der Waals surface area (Å²) in [7, 11) is 1.79. The minimum atomic E-state index is 0.0480. The third kappa shape index (κ3) is 1.53. The molecule has 0 amide bonds. The average molecular weight is 320 g/mol. The molecule has 0 fully saturated rings. The van der Waals surface area contributed by atoms with Gasteiger partial charge in [0.25, 0.3) is 0 Å². The summed E-state index contributed by atoms with van der Waals surface area (Å²) in [5.74, 6) is 0.235. The maximum absolute atomic E-state index is 10.3. The fourth-order valence-corrected chi connectivity index (χ4v) is 4.00. The maximum Gasteiger partial charge on any atom is 0.213 e. The lowest BCUT2D eigenvalue weighted by Gasteiger charge is -2.22. The van der Waals surface area contributed by atoms with Crippen molar-refractivity contribution in [3.05, 3.63) is 44.9 Å². The Kier molecular flexibility index (Phi) is 2.56. The molecule has 0 unspecified atom stereocenters. The fraction of sp³-hybridized carbons (Fsp3) is 0.267. The first-order valence-electron chi connectivity index (χ1n) is 6.78. The number of H-pyrrole nitrogens is 1. The van der Waals surface area contributed by atoms with Crippen molar-refractivity contribution in [2.75, 3.05) is 0 Å². The quantitative estimate of drug-likeness (QED) is 0.617. The molecule has 0 aliphatic carbocycles. The number of hydrogen-bond acceptors (Lipinski definition) is 2. The zero-order valence-corrected chi connectivity index (χ0v) is 13.2. The summed E-state index contributed by atoms with van der Waals surface area (Å²) in [5.41, 5.74) is 4.15. The zero-order chi connectivity index (χ0) is 14.9. The number of halogens is 1. The molecule has 0 radical (unpaired) electrons. The SMILES string of the molecule is C[C@H]1c2[nH]c3cccc(Cl)c3c2Cc2c(O)n(C)c(=S)n21. The van der Waals surface area contributed by atoms with E-state index < -0.39 is 0 Å². The number of rotatable bonds is 0. The highest BCUT2D eigenvalue weighted by Gasteiger charge is 2.30. The van der Waals surface area contributed by atoms with Crippen LogP contribution < -0.4 is 0 Å². The molecule has 1 atom stereocenters. The zero-order valence-electron chi connectivity index (χ0n) is 11.6. The molecule has 1 aliphatic rings. The lowest BCUT2D eigenvalue weighted by atomic mass is 9.98. The van der Waals surface area contributed by atoms with Crippen LogP contribution in [0.5, 0.6) is 5.88 Å². The van der Waals surface area contributed by atoms with Gasteiger partial charge in [0.15, 0.2) is 4.77 Å². The molecule has 21 heavy (non-hydrogen) atoms. The minimum absolute atomic E-state index is 0.0480. The van der Waals surface area contributed by atoms with Crippen LogP contribution in [0, 0.1) is 4.77 Å². The molecule has 2 aromatic heterocycles. The van der Waals surface area contributed by atoms with E-state index in [1.54, 1.807) is 11.6 Å². The summed E-state index contributed by atoms with van der Waals surface area (Å²) in [4.78, 5) is 3.46. The molecule has 4 rings (SSSR count). The second-order valence-electron chi connectivity index (χ2n) is 5.51. The van der Waals surface area contributed by atoms with Gasteiger partial charge in [-0.3, -0.25) is 4.57 Å². The Hall–Kier alpha value is -1.72. The van der Waals surface area contributed by atoms with Crippen molar-refractivity contribution in [3.63, 3.8) is 0 Å². The van der Waals surface area contributed by atoms with Gasteiger partial charge in [0.2, 0.25) is 5.88 Å². The van der Waals surface area contributed by atoms with Crippen LogP contribution in [0.25, 0.3) is 10.9 Å². The molecule has 3 heterocycles. The van der Waals surface area contributed by atoms with Gasteiger partial charge in [0.1, 0.15) is 0 Å². The van der Waals surface area contributed by atoms with Gasteiger partial charge in [-0.2, -0.15) is 0 Å². The molecule has 1 aromatic carbocycles. The van der Waals surface area contributed by atoms with Crippen molar-refractivity contribution >= 4 is 34.7 Å². The van der Waals surface area contributed by atoms with E-state index in [1.807, 2.05) is 22.8 Å². The van der Waals surface area contributed by atoms with Crippen LogP contribution >= 0.6 is 23.8 Å². The third-order valence-corrected chi connectivity index (χ3v) is 5.20. The number of nitrogens with one attached hydrogen (secondary N) is 1. The van der Waals surface area contributed by atoms with Crippen LogP contribution in [-0.2, 0) is 13.5 Å². The van der Waals surface area contributed by atoms with E-state index in [2.05, 4.69) is 11.9 Å². The molecular formula is C15H14ClN3OS. The van der Waals surface area contributed by atoms with Gasteiger partial charge in [0.05, 0.1) is 16.8 Å². The summed E-state index contributed by atoms with van der Waals surface area (Å²) >= 11 is 11.8. The van der Waals surface area contributed by atoms with E-state index in [-0.39, 0.29) is 11.9 Å². The molecule has 4 nitrogen and oxygen atoms in total. The topological polar surface area (TPSA) is 45.9 Å². The highest BCUT2D eigenvalue weighted by molar-refractivity contribution is 7.71. The normalized spacial score (nSPS) is 17.0. The van der Waals surface area contributed by atoms with E-state index in [9.17, 15) is 5.11 Å². The summed E-state index contributed by atoms with van der Waals surface area (Å²) in [5, 5.41) is 12.1. The largest absolute Gasteiger partial charge is 0.493 e. The smallest absolute Gasteiger partial charge is 0.213 e. The highest BCUT2D eigenvalue weighted by atomic mass is 35.5. The van der Waals surface area contributed by atoms with Crippen molar-refractivity contribution in [2.24, 2.45) is 7.05 Å². The van der Waals surface area contributed by atoms with Crippen LogP contribution in [0.2, 0.25) is 5.02 Å². The standard InChI is InChI=1S/C15H14ClN3OS/c1-7-13-8(12-9(16)4-3-5-10(12)17-13)6-11-14(20)18(2)15(21)19(7)11/h3-5,7,17,20H,6H2,1-2H3/t7-/m0/s1. The number of imidazole rings is 1. The molecule has 0 saturated carbocycles. The van der Waals surface area contributed by atoms with Gasteiger partial charge >= 0.3 is 0 Å². The van der Waals surface area contributed by atoms with Crippen LogP contribution in [0.1, 0.15) is 29.9 Å². The number of benzene rings is 1. The first kappa shape index (κ1) is 13.0. The predicted molar refractivity (Wildman–Crippen MR) is 85.8 cm³/mol. The predicted octanol–water partition coefficient (Wildman–Crippen LogP) is 3.91. The van der Waals surface area contributed by atoms with Crippen molar-refractivity contribution in [1.82, 2.24) is 14.1 Å². The Morgan fingerprint density at radius 2 is 2.19 bits per heavy atom. The van der Waals surface area contributed by atoms with Gasteiger partial charge < -0.3 is 14.7 Å². The van der Waals surface area contributed by atoms with Crippen LogP contribution in [-0.4, -0.2) is 19.2 Å². The van der Waals surface area contributed by atoms with Gasteiger partial charge in [-0.05, 0) is 36.8 Å². The van der Waals surface area contributed by atoms with E-state index in [4.69, 9.17) is 23.8 Å². The van der Waals surface area contributed by atoms with Gasteiger partial charge in [-0.25, -0.2) is 0 Å². The van der Waals surface area contributed by atoms with Crippen molar-refractivity contribution in [3.8, 4) is 5.88 Å². The number of aromatic hydroxyl groups is 1. The van der Waals surface area contributed by atoms with Crippen LogP contribution in [0.15, 0.2) is 18.2 Å². The Balaban J connectivity index is 2.08. The fourth-order valence-electron chi connectivity index (χ4n) is 3.36. The first-order chi connectivity index (χ1) is 10.0. The average Bonchev–Trinajstić information content (AvgIpc) is 2.93. The van der Waals surface area contributed by atoms with E-state index in [0.717, 1.165) is 32.9 Å². The van der Waals surface area contributed by atoms with E-state index >= 15 is 0 Å². The molecule has 1 aliphatic heterocycles. The molecule has 0 saturated heterocycles. The van der Waals surface area contributed by atoms with Crippen molar-refractivity contribution in [2.45, 2.75) is 19.4 Å². The van der Waals surface area contributed by atoms with Gasteiger partial charge in [0, 0.05) is 30.1 Å². The number of nitrogens with zero attached hydrogens (tertiary/aromatic N) is 2. The Morgan fingerprint density at radius 3 is 2.95 bits per heavy atom. The summed E-state index contributed by atoms with van der Waals surface area (Å²) < 4.78 is 4.29. The summed E-state index contributed by atoms with van der Waals surface area (Å²) in [6.07, 6.45) is 0.625. The highest BCUT2D eigenvalue weighted by Crippen LogP contribution is 2.41. The Labute approximate surface area is 131 Å². The lowest BCUT2D eigenvalue weighted by Crippen LogP contribution is -2.18. The molecule has 108 valence electrons. The van der Waals surface area contributed by atoms with Crippen molar-refractivity contribution in [1.29, 1.82) is 0 Å². The number of hydrogen-bond donors (Lipinski definition) is 2. The second-order valence-corrected chi connectivity index (χ2v) is 6.29. The number of aromatic amines is 1. The first-order valence-corrected chi connectivity index (χ1v) is 7.57. The van der Waals surface area contributed by atoms with Gasteiger partial charge in [-0.15, -0.1) is 0 Å².